The molecule has 0 fully saturated rings. The van der Waals surface area contributed by atoms with Crippen LogP contribution in [-0.4, -0.2) is 7.05 Å². The average Bonchev–Trinajstić information content (AvgIpc) is 2.36. The van der Waals surface area contributed by atoms with Crippen LogP contribution in [0.5, 0.6) is 0 Å². The zero-order chi connectivity index (χ0) is 14.2. The van der Waals surface area contributed by atoms with Crippen molar-refractivity contribution in [3.63, 3.8) is 0 Å². The summed E-state index contributed by atoms with van der Waals surface area (Å²) in [5, 5.41) is -0.107. The molecule has 2 aromatic carbocycles. The van der Waals surface area contributed by atoms with Crippen molar-refractivity contribution in [2.45, 2.75) is 6.92 Å². The molecule has 19 heavy (non-hydrogen) atoms. The van der Waals surface area contributed by atoms with E-state index >= 15 is 0 Å². The summed E-state index contributed by atoms with van der Waals surface area (Å²) in [5.41, 5.74) is 13.9. The summed E-state index contributed by atoms with van der Waals surface area (Å²) in [6.07, 6.45) is 0. The maximum atomic E-state index is 14.3. The van der Waals surface area contributed by atoms with Crippen LogP contribution in [0.1, 0.15) is 5.56 Å². The van der Waals surface area contributed by atoms with Crippen LogP contribution >= 0.6 is 11.6 Å². The molecule has 0 heterocycles. The molecule has 0 saturated heterocycles. The van der Waals surface area contributed by atoms with Gasteiger partial charge in [-0.1, -0.05) is 29.8 Å². The van der Waals surface area contributed by atoms with Gasteiger partial charge in [-0.25, -0.2) is 4.39 Å². The van der Waals surface area contributed by atoms with Gasteiger partial charge in [0, 0.05) is 12.7 Å². The van der Waals surface area contributed by atoms with Crippen LogP contribution in [0.2, 0.25) is 5.02 Å². The van der Waals surface area contributed by atoms with E-state index in [1.165, 1.54) is 6.07 Å². The van der Waals surface area contributed by atoms with Gasteiger partial charge in [0.2, 0.25) is 0 Å². The van der Waals surface area contributed by atoms with Gasteiger partial charge in [0.1, 0.15) is 10.7 Å². The van der Waals surface area contributed by atoms with E-state index in [0.717, 1.165) is 11.3 Å². The van der Waals surface area contributed by atoms with Crippen molar-refractivity contribution in [2.24, 2.45) is 0 Å². The standard InChI is InChI=1S/C14H15ClFN3/c1-8-5-3-4-6-11(8)19(2)14-10(18)7-9(17)12(15)13(14)16/h3-7H,17-18H2,1-2H3. The lowest BCUT2D eigenvalue weighted by atomic mass is 10.1. The highest BCUT2D eigenvalue weighted by Gasteiger charge is 2.19. The van der Waals surface area contributed by atoms with E-state index in [1.54, 1.807) is 11.9 Å². The molecule has 3 nitrogen and oxygen atoms in total. The first-order valence-corrected chi connectivity index (χ1v) is 6.13. The molecule has 5 heteroatoms. The summed E-state index contributed by atoms with van der Waals surface area (Å²) >= 11 is 5.84. The van der Waals surface area contributed by atoms with Crippen LogP contribution in [0.4, 0.5) is 27.1 Å². The summed E-state index contributed by atoms with van der Waals surface area (Å²) in [6, 6.07) is 9.10. The van der Waals surface area contributed by atoms with Crippen LogP contribution < -0.4 is 16.4 Å². The number of aryl methyl sites for hydroxylation is 1. The normalized spacial score (nSPS) is 10.5. The third-order valence-corrected chi connectivity index (χ3v) is 3.43. The smallest absolute Gasteiger partial charge is 0.169 e. The minimum atomic E-state index is -0.607. The molecule has 2 rings (SSSR count). The Morgan fingerprint density at radius 2 is 1.79 bits per heavy atom. The van der Waals surface area contributed by atoms with Crippen molar-refractivity contribution in [1.82, 2.24) is 0 Å². The number of halogens is 2. The van der Waals surface area contributed by atoms with Crippen LogP contribution in [0, 0.1) is 12.7 Å². The molecule has 0 atom stereocenters. The SMILES string of the molecule is Cc1ccccc1N(C)c1c(N)cc(N)c(Cl)c1F. The monoisotopic (exact) mass is 279 g/mol. The minimum absolute atomic E-state index is 0.107. The van der Waals surface area contributed by atoms with Crippen molar-refractivity contribution in [1.29, 1.82) is 0 Å². The summed E-state index contributed by atoms with van der Waals surface area (Å²) in [4.78, 5) is 1.67. The average molecular weight is 280 g/mol. The zero-order valence-electron chi connectivity index (χ0n) is 10.7. The molecular weight excluding hydrogens is 265 g/mol. The maximum Gasteiger partial charge on any atom is 0.169 e. The van der Waals surface area contributed by atoms with Crippen molar-refractivity contribution in [2.75, 3.05) is 23.4 Å². The fraction of sp³-hybridized carbons (Fsp3) is 0.143. The number of hydrogen-bond acceptors (Lipinski definition) is 3. The van der Waals surface area contributed by atoms with E-state index in [2.05, 4.69) is 0 Å². The fourth-order valence-corrected chi connectivity index (χ4v) is 2.20. The summed E-state index contributed by atoms with van der Waals surface area (Å²) in [6.45, 7) is 1.94. The first-order chi connectivity index (χ1) is 8.93. The first-order valence-electron chi connectivity index (χ1n) is 5.75. The highest BCUT2D eigenvalue weighted by molar-refractivity contribution is 6.33. The molecule has 2 aromatic rings. The number of hydrogen-bond donors (Lipinski definition) is 2. The van der Waals surface area contributed by atoms with E-state index in [-0.39, 0.29) is 22.1 Å². The highest BCUT2D eigenvalue weighted by Crippen LogP contribution is 2.39. The van der Waals surface area contributed by atoms with Gasteiger partial charge in [-0.05, 0) is 24.6 Å². The van der Waals surface area contributed by atoms with Gasteiger partial charge in [0.15, 0.2) is 5.82 Å². The molecule has 0 saturated carbocycles. The van der Waals surface area contributed by atoms with Gasteiger partial charge in [0.25, 0.3) is 0 Å². The molecule has 4 N–H and O–H groups in total. The Kier molecular flexibility index (Phi) is 3.53. The third kappa shape index (κ3) is 2.31. The predicted molar refractivity (Wildman–Crippen MR) is 79.5 cm³/mol. The Balaban J connectivity index is 2.60. The molecular formula is C14H15ClFN3. The molecule has 0 bridgehead atoms. The molecule has 0 aliphatic heterocycles. The minimum Gasteiger partial charge on any atom is -0.397 e. The van der Waals surface area contributed by atoms with Crippen LogP contribution in [0.3, 0.4) is 0 Å². The van der Waals surface area contributed by atoms with Crippen LogP contribution in [0.25, 0.3) is 0 Å². The molecule has 0 radical (unpaired) electrons. The quantitative estimate of drug-likeness (QED) is 0.824. The zero-order valence-corrected chi connectivity index (χ0v) is 11.5. The Morgan fingerprint density at radius 1 is 1.16 bits per heavy atom. The van der Waals surface area contributed by atoms with Crippen LogP contribution in [-0.2, 0) is 0 Å². The second-order valence-electron chi connectivity index (χ2n) is 4.38. The Bertz CT molecular complexity index is 628. The molecule has 0 spiro atoms. The topological polar surface area (TPSA) is 55.3 Å². The number of nitrogens with two attached hydrogens (primary N) is 2. The van der Waals surface area contributed by atoms with Crippen molar-refractivity contribution in [3.8, 4) is 0 Å². The predicted octanol–water partition coefficient (Wildman–Crippen LogP) is 3.72. The molecule has 0 aliphatic carbocycles. The third-order valence-electron chi connectivity index (χ3n) is 3.05. The molecule has 100 valence electrons. The van der Waals surface area contributed by atoms with Crippen molar-refractivity contribution < 1.29 is 4.39 Å². The van der Waals surface area contributed by atoms with E-state index in [1.807, 2.05) is 31.2 Å². The lowest BCUT2D eigenvalue weighted by Crippen LogP contribution is -2.15. The van der Waals surface area contributed by atoms with Gasteiger partial charge < -0.3 is 16.4 Å². The number of nitrogen functional groups attached to an aromatic ring is 2. The lowest BCUT2D eigenvalue weighted by Gasteiger charge is -2.24. The second kappa shape index (κ2) is 4.97. The number of para-hydroxylation sites is 1. The number of anilines is 4. The summed E-state index contributed by atoms with van der Waals surface area (Å²) in [7, 11) is 1.74. The van der Waals surface area contributed by atoms with E-state index in [9.17, 15) is 4.39 Å². The van der Waals surface area contributed by atoms with Crippen LogP contribution in [0.15, 0.2) is 30.3 Å². The lowest BCUT2D eigenvalue weighted by molar-refractivity contribution is 0.629. The first kappa shape index (κ1) is 13.5. The molecule has 0 aromatic heterocycles. The van der Waals surface area contributed by atoms with Gasteiger partial charge in [0.05, 0.1) is 11.4 Å². The van der Waals surface area contributed by atoms with Gasteiger partial charge >= 0.3 is 0 Å². The maximum absolute atomic E-state index is 14.3. The van der Waals surface area contributed by atoms with Crippen molar-refractivity contribution in [3.05, 3.63) is 46.7 Å². The van der Waals surface area contributed by atoms with Gasteiger partial charge in [-0.3, -0.25) is 0 Å². The molecule has 0 aliphatic rings. The Hall–Kier alpha value is -1.94. The largest absolute Gasteiger partial charge is 0.397 e. The molecule has 0 amide bonds. The second-order valence-corrected chi connectivity index (χ2v) is 4.76. The summed E-state index contributed by atoms with van der Waals surface area (Å²) in [5.74, 6) is -0.607. The highest BCUT2D eigenvalue weighted by atomic mass is 35.5. The number of nitrogens with zero attached hydrogens (tertiary/aromatic N) is 1. The molecule has 0 unspecified atom stereocenters. The van der Waals surface area contributed by atoms with E-state index in [4.69, 9.17) is 23.1 Å². The van der Waals surface area contributed by atoms with Gasteiger partial charge in [-0.15, -0.1) is 0 Å². The Morgan fingerprint density at radius 3 is 2.42 bits per heavy atom. The van der Waals surface area contributed by atoms with E-state index in [0.29, 0.717) is 0 Å². The number of benzene rings is 2. The van der Waals surface area contributed by atoms with E-state index < -0.39 is 5.82 Å². The number of rotatable bonds is 2. The van der Waals surface area contributed by atoms with Gasteiger partial charge in [-0.2, -0.15) is 0 Å². The Labute approximate surface area is 116 Å². The summed E-state index contributed by atoms with van der Waals surface area (Å²) < 4.78 is 14.3. The van der Waals surface area contributed by atoms with Crippen molar-refractivity contribution >= 4 is 34.4 Å². The fourth-order valence-electron chi connectivity index (χ4n) is 2.06.